The van der Waals surface area contributed by atoms with Crippen molar-refractivity contribution >= 4 is 47.6 Å². The van der Waals surface area contributed by atoms with Gasteiger partial charge in [-0.3, -0.25) is 0 Å². The summed E-state index contributed by atoms with van der Waals surface area (Å²) in [6.07, 6.45) is 0. The summed E-state index contributed by atoms with van der Waals surface area (Å²) in [5.41, 5.74) is 4.86. The Balaban J connectivity index is 3.35. The van der Waals surface area contributed by atoms with Crippen molar-refractivity contribution in [2.45, 2.75) is 31.3 Å². The van der Waals surface area contributed by atoms with Crippen LogP contribution in [0.15, 0.2) is 26.0 Å². The van der Waals surface area contributed by atoms with E-state index in [0.717, 1.165) is 0 Å². The third-order valence-electron chi connectivity index (χ3n) is 2.55. The van der Waals surface area contributed by atoms with E-state index >= 15 is 0 Å². The number of sulfonamides is 1. The average Bonchev–Trinajstić information content (AvgIpc) is 2.22. The lowest BCUT2D eigenvalue weighted by molar-refractivity contribution is 0.0601. The van der Waals surface area contributed by atoms with Crippen molar-refractivity contribution in [1.29, 1.82) is 0 Å². The van der Waals surface area contributed by atoms with Gasteiger partial charge in [-0.15, -0.1) is 0 Å². The molecule has 0 aromatic heterocycles. The van der Waals surface area contributed by atoms with Gasteiger partial charge in [0.2, 0.25) is 10.0 Å². The number of likely N-dealkylation sites (N-methyl/N-ethyl adjacent to an activating group) is 1. The van der Waals surface area contributed by atoms with Crippen molar-refractivity contribution in [2.24, 2.45) is 0 Å². The van der Waals surface area contributed by atoms with Crippen molar-refractivity contribution in [2.75, 3.05) is 18.8 Å². The maximum atomic E-state index is 12.7. The van der Waals surface area contributed by atoms with E-state index in [9.17, 15) is 13.5 Å². The maximum Gasteiger partial charge on any atom is 0.246 e. The smallest absolute Gasteiger partial charge is 0.246 e. The minimum atomic E-state index is -3.78. The summed E-state index contributed by atoms with van der Waals surface area (Å²) in [4.78, 5) is 0.0202. The molecule has 3 N–H and O–H groups in total. The Labute approximate surface area is 136 Å². The second-order valence-corrected chi connectivity index (χ2v) is 8.69. The molecule has 5 nitrogen and oxygen atoms in total. The van der Waals surface area contributed by atoms with E-state index in [1.807, 2.05) is 0 Å². The number of halogens is 2. The first-order chi connectivity index (χ1) is 8.99. The van der Waals surface area contributed by atoms with Gasteiger partial charge in [-0.2, -0.15) is 4.31 Å². The van der Waals surface area contributed by atoms with Gasteiger partial charge in [0.05, 0.1) is 11.3 Å². The highest BCUT2D eigenvalue weighted by atomic mass is 79.9. The lowest BCUT2D eigenvalue weighted by Gasteiger charge is -2.28. The fraction of sp³-hybridized carbons (Fsp3) is 0.500. The molecule has 1 aromatic rings. The van der Waals surface area contributed by atoms with Gasteiger partial charge in [-0.1, -0.05) is 22.9 Å². The largest absolute Gasteiger partial charge is 0.398 e. The quantitative estimate of drug-likeness (QED) is 0.704. The molecule has 0 bridgehead atoms. The molecule has 20 heavy (non-hydrogen) atoms. The Morgan fingerprint density at radius 2 is 1.90 bits per heavy atom. The SMILES string of the molecule is CCN(CC(C)(C)O)S(=O)(=O)c1c(N)cc(Br)cc1Br. The zero-order chi connectivity index (χ0) is 15.7. The van der Waals surface area contributed by atoms with Crippen LogP contribution in [0.25, 0.3) is 0 Å². The molecule has 114 valence electrons. The first-order valence-corrected chi connectivity index (χ1v) is 8.98. The zero-order valence-corrected chi connectivity index (χ0v) is 15.5. The standard InChI is InChI=1S/C12H18Br2N2O3S/c1-4-16(7-12(2,3)17)20(18,19)11-9(14)5-8(13)6-10(11)15/h5-6,17H,4,7,15H2,1-3H3. The van der Waals surface area contributed by atoms with Crippen LogP contribution in [-0.2, 0) is 10.0 Å². The number of nitrogen functional groups attached to an aromatic ring is 1. The first-order valence-electron chi connectivity index (χ1n) is 5.96. The first kappa shape index (κ1) is 17.9. The topological polar surface area (TPSA) is 83.6 Å². The van der Waals surface area contributed by atoms with E-state index in [1.54, 1.807) is 26.8 Å². The van der Waals surface area contributed by atoms with Crippen LogP contribution in [0, 0.1) is 0 Å². The molecule has 0 aliphatic heterocycles. The number of benzene rings is 1. The predicted octanol–water partition coefficient (Wildman–Crippen LogP) is 2.58. The molecular weight excluding hydrogens is 412 g/mol. The van der Waals surface area contributed by atoms with E-state index in [1.165, 1.54) is 10.4 Å². The number of nitrogens with two attached hydrogens (primary N) is 1. The van der Waals surface area contributed by atoms with Gasteiger partial charge in [0, 0.05) is 22.0 Å². The second kappa shape index (κ2) is 6.31. The van der Waals surface area contributed by atoms with Crippen molar-refractivity contribution in [3.05, 3.63) is 21.1 Å². The predicted molar refractivity (Wildman–Crippen MR) is 87.0 cm³/mol. The molecule has 0 saturated heterocycles. The Morgan fingerprint density at radius 3 is 2.30 bits per heavy atom. The van der Waals surface area contributed by atoms with Crippen LogP contribution >= 0.6 is 31.9 Å². The molecule has 0 aliphatic carbocycles. The van der Waals surface area contributed by atoms with Gasteiger partial charge in [0.15, 0.2) is 0 Å². The summed E-state index contributed by atoms with van der Waals surface area (Å²) in [5.74, 6) is 0. The monoisotopic (exact) mass is 428 g/mol. The fourth-order valence-electron chi connectivity index (χ4n) is 1.78. The van der Waals surface area contributed by atoms with Gasteiger partial charge in [-0.25, -0.2) is 8.42 Å². The number of nitrogens with zero attached hydrogens (tertiary/aromatic N) is 1. The summed E-state index contributed by atoms with van der Waals surface area (Å²) in [7, 11) is -3.78. The summed E-state index contributed by atoms with van der Waals surface area (Å²) in [5, 5.41) is 9.86. The number of hydrogen-bond donors (Lipinski definition) is 2. The molecule has 0 fully saturated rings. The third kappa shape index (κ3) is 4.17. The van der Waals surface area contributed by atoms with Gasteiger partial charge in [0.25, 0.3) is 0 Å². The van der Waals surface area contributed by atoms with Crippen LogP contribution < -0.4 is 5.73 Å². The van der Waals surface area contributed by atoms with E-state index in [4.69, 9.17) is 5.73 Å². The highest BCUT2D eigenvalue weighted by molar-refractivity contribution is 9.11. The highest BCUT2D eigenvalue weighted by Gasteiger charge is 2.31. The highest BCUT2D eigenvalue weighted by Crippen LogP contribution is 2.34. The van der Waals surface area contributed by atoms with E-state index in [2.05, 4.69) is 31.9 Å². The third-order valence-corrected chi connectivity index (χ3v) is 5.94. The molecule has 0 amide bonds. The Bertz CT molecular complexity index is 574. The molecule has 0 spiro atoms. The van der Waals surface area contributed by atoms with Crippen LogP contribution in [0.5, 0.6) is 0 Å². The van der Waals surface area contributed by atoms with Gasteiger partial charge < -0.3 is 10.8 Å². The lowest BCUT2D eigenvalue weighted by Crippen LogP contribution is -2.42. The maximum absolute atomic E-state index is 12.7. The lowest BCUT2D eigenvalue weighted by atomic mass is 10.1. The normalized spacial score (nSPS) is 12.9. The Kier molecular flexibility index (Phi) is 5.65. The van der Waals surface area contributed by atoms with Crippen molar-refractivity contribution in [3.63, 3.8) is 0 Å². The van der Waals surface area contributed by atoms with Gasteiger partial charge >= 0.3 is 0 Å². The van der Waals surface area contributed by atoms with Crippen LogP contribution in [0.3, 0.4) is 0 Å². The Hall–Kier alpha value is -0.150. The molecular formula is C12H18Br2N2O3S. The fourth-order valence-corrected chi connectivity index (χ4v) is 5.40. The van der Waals surface area contributed by atoms with E-state index in [-0.39, 0.29) is 23.7 Å². The zero-order valence-electron chi connectivity index (χ0n) is 11.5. The summed E-state index contributed by atoms with van der Waals surface area (Å²) in [6.45, 7) is 5.07. The average molecular weight is 430 g/mol. The van der Waals surface area contributed by atoms with Crippen molar-refractivity contribution < 1.29 is 13.5 Å². The Morgan fingerprint density at radius 1 is 1.35 bits per heavy atom. The molecule has 0 heterocycles. The minimum absolute atomic E-state index is 0.00617. The van der Waals surface area contributed by atoms with Crippen LogP contribution in [0.2, 0.25) is 0 Å². The van der Waals surface area contributed by atoms with E-state index in [0.29, 0.717) is 8.95 Å². The number of anilines is 1. The molecule has 1 rings (SSSR count). The molecule has 0 atom stereocenters. The summed E-state index contributed by atoms with van der Waals surface area (Å²) >= 11 is 6.49. The van der Waals surface area contributed by atoms with Crippen LogP contribution in [0.1, 0.15) is 20.8 Å². The van der Waals surface area contributed by atoms with Crippen molar-refractivity contribution in [3.8, 4) is 0 Å². The number of rotatable bonds is 5. The number of aliphatic hydroxyl groups is 1. The molecule has 0 aliphatic rings. The summed E-state index contributed by atoms with van der Waals surface area (Å²) in [6, 6.07) is 3.16. The van der Waals surface area contributed by atoms with Crippen molar-refractivity contribution in [1.82, 2.24) is 4.31 Å². The molecule has 0 radical (unpaired) electrons. The molecule has 8 heteroatoms. The minimum Gasteiger partial charge on any atom is -0.398 e. The van der Waals surface area contributed by atoms with Crippen LogP contribution in [0.4, 0.5) is 5.69 Å². The molecule has 1 aromatic carbocycles. The second-order valence-electron chi connectivity index (χ2n) is 5.05. The van der Waals surface area contributed by atoms with E-state index < -0.39 is 15.6 Å². The summed E-state index contributed by atoms with van der Waals surface area (Å²) < 4.78 is 27.6. The van der Waals surface area contributed by atoms with Gasteiger partial charge in [-0.05, 0) is 41.9 Å². The number of hydrogen-bond acceptors (Lipinski definition) is 4. The molecule has 0 saturated carbocycles. The molecule has 0 unspecified atom stereocenters. The van der Waals surface area contributed by atoms with Gasteiger partial charge in [0.1, 0.15) is 4.90 Å². The van der Waals surface area contributed by atoms with Crippen LogP contribution in [-0.4, -0.2) is 36.5 Å².